The molecule has 3 rings (SSSR count). The lowest BCUT2D eigenvalue weighted by Crippen LogP contribution is -2.44. The molecule has 1 atom stereocenters. The van der Waals surface area contributed by atoms with Crippen LogP contribution in [0.5, 0.6) is 0 Å². The summed E-state index contributed by atoms with van der Waals surface area (Å²) in [6.45, 7) is 9.82. The molecule has 31 heavy (non-hydrogen) atoms. The second kappa shape index (κ2) is 10.5. The van der Waals surface area contributed by atoms with Crippen LogP contribution in [0.4, 0.5) is 8.78 Å². The normalized spacial score (nSPS) is 16.8. The van der Waals surface area contributed by atoms with E-state index in [2.05, 4.69) is 26.8 Å². The average molecular weight is 471 g/mol. The molecule has 1 fully saturated rings. The minimum Gasteiger partial charge on any atom is -0.304 e. The third-order valence-electron chi connectivity index (χ3n) is 6.02. The molecule has 0 radical (unpaired) electrons. The van der Waals surface area contributed by atoms with E-state index < -0.39 is 0 Å². The van der Waals surface area contributed by atoms with E-state index in [9.17, 15) is 4.39 Å². The number of likely N-dealkylation sites (N-methyl/N-ethyl adjacent to an activating group) is 1. The molecule has 3 heterocycles. The average Bonchev–Trinajstić information content (AvgIpc) is 2.71. The van der Waals surface area contributed by atoms with Crippen molar-refractivity contribution in [1.29, 1.82) is 0 Å². The second-order valence-electron chi connectivity index (χ2n) is 8.73. The van der Waals surface area contributed by atoms with E-state index in [1.165, 1.54) is 12.4 Å². The summed E-state index contributed by atoms with van der Waals surface area (Å²) in [6.07, 6.45) is 3.90. The number of rotatable bonds is 7. The molecule has 4 nitrogen and oxygen atoms in total. The molecule has 0 spiro atoms. The van der Waals surface area contributed by atoms with Gasteiger partial charge in [0.1, 0.15) is 5.82 Å². The van der Waals surface area contributed by atoms with Crippen molar-refractivity contribution in [3.05, 3.63) is 56.6 Å². The first-order valence-corrected chi connectivity index (χ1v) is 11.5. The number of hydrogen-bond donors (Lipinski definition) is 0. The maximum atomic E-state index is 15.4. The van der Waals surface area contributed by atoms with Gasteiger partial charge >= 0.3 is 0 Å². The van der Waals surface area contributed by atoms with Crippen LogP contribution >= 0.6 is 23.2 Å². The molecule has 2 aromatic rings. The summed E-state index contributed by atoms with van der Waals surface area (Å²) in [4.78, 5) is 12.9. The van der Waals surface area contributed by atoms with Crippen molar-refractivity contribution in [3.63, 3.8) is 0 Å². The SMILES string of the molecule is CC(C)c1c(Cl)cnc(CCC(C)c2c(Cl)cnc(CN3CCN(C)CC3)c2F)c1F. The Kier molecular flexibility index (Phi) is 8.25. The quantitative estimate of drug-likeness (QED) is 0.521. The van der Waals surface area contributed by atoms with E-state index in [4.69, 9.17) is 23.2 Å². The van der Waals surface area contributed by atoms with Crippen LogP contribution in [0.2, 0.25) is 10.0 Å². The largest absolute Gasteiger partial charge is 0.304 e. The van der Waals surface area contributed by atoms with Gasteiger partial charge in [-0.25, -0.2) is 8.78 Å². The topological polar surface area (TPSA) is 32.3 Å². The van der Waals surface area contributed by atoms with Crippen molar-refractivity contribution in [2.45, 2.75) is 52.0 Å². The van der Waals surface area contributed by atoms with Crippen LogP contribution < -0.4 is 0 Å². The fraction of sp³-hybridized carbons (Fsp3) is 0.565. The van der Waals surface area contributed by atoms with Crippen molar-refractivity contribution in [2.24, 2.45) is 0 Å². The van der Waals surface area contributed by atoms with Gasteiger partial charge in [-0.15, -0.1) is 0 Å². The van der Waals surface area contributed by atoms with Crippen molar-refractivity contribution in [3.8, 4) is 0 Å². The molecule has 0 N–H and O–H groups in total. The van der Waals surface area contributed by atoms with Crippen LogP contribution in [0.15, 0.2) is 12.4 Å². The number of halogens is 4. The second-order valence-corrected chi connectivity index (χ2v) is 9.55. The third kappa shape index (κ3) is 5.72. The van der Waals surface area contributed by atoms with Gasteiger partial charge in [-0.05, 0) is 31.7 Å². The van der Waals surface area contributed by atoms with Crippen molar-refractivity contribution in [2.75, 3.05) is 33.2 Å². The Balaban J connectivity index is 1.74. The van der Waals surface area contributed by atoms with Crippen LogP contribution in [0.25, 0.3) is 0 Å². The highest BCUT2D eigenvalue weighted by Gasteiger charge is 2.23. The Bertz CT molecular complexity index is 915. The number of nitrogens with zero attached hydrogens (tertiary/aromatic N) is 4. The summed E-state index contributed by atoms with van der Waals surface area (Å²) >= 11 is 12.4. The molecule has 170 valence electrons. The summed E-state index contributed by atoms with van der Waals surface area (Å²) in [6, 6.07) is 0. The summed E-state index contributed by atoms with van der Waals surface area (Å²) < 4.78 is 30.2. The number of pyridine rings is 2. The Morgan fingerprint density at radius 1 is 0.903 bits per heavy atom. The number of piperazine rings is 1. The van der Waals surface area contributed by atoms with Crippen LogP contribution in [-0.2, 0) is 13.0 Å². The Morgan fingerprint density at radius 3 is 2.06 bits per heavy atom. The zero-order valence-corrected chi connectivity index (χ0v) is 20.1. The van der Waals surface area contributed by atoms with Crippen LogP contribution in [0.3, 0.4) is 0 Å². The van der Waals surface area contributed by atoms with Crippen LogP contribution in [-0.4, -0.2) is 53.0 Å². The molecule has 1 saturated heterocycles. The third-order valence-corrected chi connectivity index (χ3v) is 6.62. The van der Waals surface area contributed by atoms with E-state index in [-0.39, 0.29) is 23.5 Å². The summed E-state index contributed by atoms with van der Waals surface area (Å²) in [5.74, 6) is -0.977. The van der Waals surface area contributed by atoms with E-state index in [0.717, 1.165) is 26.2 Å². The van der Waals surface area contributed by atoms with E-state index in [0.29, 0.717) is 51.9 Å². The van der Waals surface area contributed by atoms with Gasteiger partial charge in [0.15, 0.2) is 5.82 Å². The highest BCUT2D eigenvalue weighted by molar-refractivity contribution is 6.31. The Morgan fingerprint density at radius 2 is 1.45 bits per heavy atom. The molecule has 0 aromatic carbocycles. The van der Waals surface area contributed by atoms with Gasteiger partial charge in [0.25, 0.3) is 0 Å². The summed E-state index contributed by atoms with van der Waals surface area (Å²) in [5, 5.41) is 0.639. The number of aromatic nitrogens is 2. The number of aryl methyl sites for hydroxylation is 1. The predicted octanol–water partition coefficient (Wildman–Crippen LogP) is 5.67. The van der Waals surface area contributed by atoms with E-state index in [1.807, 2.05) is 20.8 Å². The van der Waals surface area contributed by atoms with Gasteiger partial charge in [0.05, 0.1) is 21.4 Å². The summed E-state index contributed by atoms with van der Waals surface area (Å²) in [7, 11) is 2.08. The minimum absolute atomic E-state index is 0.0455. The van der Waals surface area contributed by atoms with Crippen molar-refractivity contribution in [1.82, 2.24) is 19.8 Å². The highest BCUT2D eigenvalue weighted by atomic mass is 35.5. The standard InChI is InChI=1S/C23H30Cl2F2N4/c1-14(2)20-16(24)11-28-18(22(20)26)6-5-15(3)21-17(25)12-29-19(23(21)27)13-31-9-7-30(4)8-10-31/h11-12,14-15H,5-10,13H2,1-4H3. The molecule has 0 saturated carbocycles. The fourth-order valence-electron chi connectivity index (χ4n) is 4.02. The molecule has 0 aliphatic carbocycles. The van der Waals surface area contributed by atoms with Gasteiger partial charge in [-0.2, -0.15) is 0 Å². The van der Waals surface area contributed by atoms with Gasteiger partial charge < -0.3 is 4.90 Å². The lowest BCUT2D eigenvalue weighted by atomic mass is 9.93. The van der Waals surface area contributed by atoms with Gasteiger partial charge in [-0.1, -0.05) is 44.0 Å². The van der Waals surface area contributed by atoms with Crippen LogP contribution in [0.1, 0.15) is 61.5 Å². The van der Waals surface area contributed by atoms with Gasteiger partial charge in [-0.3, -0.25) is 14.9 Å². The smallest absolute Gasteiger partial charge is 0.150 e. The first-order valence-electron chi connectivity index (χ1n) is 10.7. The molecule has 0 amide bonds. The maximum absolute atomic E-state index is 15.4. The monoisotopic (exact) mass is 470 g/mol. The van der Waals surface area contributed by atoms with Crippen molar-refractivity contribution >= 4 is 23.2 Å². The molecule has 1 aliphatic heterocycles. The molecule has 8 heteroatoms. The van der Waals surface area contributed by atoms with E-state index >= 15 is 4.39 Å². The molecule has 1 unspecified atom stereocenters. The fourth-order valence-corrected chi connectivity index (χ4v) is 4.69. The Hall–Kier alpha value is -1.34. The zero-order valence-electron chi connectivity index (χ0n) is 18.6. The molecular formula is C23H30Cl2F2N4. The van der Waals surface area contributed by atoms with E-state index in [1.54, 1.807) is 0 Å². The minimum atomic E-state index is -0.369. The van der Waals surface area contributed by atoms with Gasteiger partial charge in [0.2, 0.25) is 0 Å². The summed E-state index contributed by atoms with van der Waals surface area (Å²) in [5.41, 5.74) is 1.68. The highest BCUT2D eigenvalue weighted by Crippen LogP contribution is 2.33. The number of hydrogen-bond acceptors (Lipinski definition) is 4. The Labute approximate surface area is 193 Å². The van der Waals surface area contributed by atoms with Crippen molar-refractivity contribution < 1.29 is 8.78 Å². The lowest BCUT2D eigenvalue weighted by molar-refractivity contribution is 0.145. The molecule has 0 bridgehead atoms. The molecule has 1 aliphatic rings. The molecule has 2 aromatic heterocycles. The lowest BCUT2D eigenvalue weighted by Gasteiger charge is -2.32. The van der Waals surface area contributed by atoms with Crippen LogP contribution in [0, 0.1) is 11.6 Å². The maximum Gasteiger partial charge on any atom is 0.150 e. The first-order chi connectivity index (χ1) is 14.7. The van der Waals surface area contributed by atoms with Gasteiger partial charge in [0, 0.05) is 56.2 Å². The zero-order chi connectivity index (χ0) is 22.7. The first kappa shape index (κ1) is 24.3. The predicted molar refractivity (Wildman–Crippen MR) is 122 cm³/mol. The molecular weight excluding hydrogens is 441 g/mol.